The van der Waals surface area contributed by atoms with Crippen molar-refractivity contribution in [1.29, 1.82) is 0 Å². The van der Waals surface area contributed by atoms with E-state index in [9.17, 15) is 0 Å². The normalized spacial score (nSPS) is 14.8. The number of nitrogens with one attached hydrogen (secondary N) is 1. The highest BCUT2D eigenvalue weighted by Crippen LogP contribution is 2.40. The third-order valence-electron chi connectivity index (χ3n) is 4.32. The van der Waals surface area contributed by atoms with E-state index < -0.39 is 6.23 Å². The van der Waals surface area contributed by atoms with Crippen molar-refractivity contribution in [3.63, 3.8) is 0 Å². The van der Waals surface area contributed by atoms with Gasteiger partial charge in [0, 0.05) is 16.8 Å². The number of nitrogens with zero attached hydrogens (tertiary/aromatic N) is 3. The second-order valence-electron chi connectivity index (χ2n) is 5.98. The van der Waals surface area contributed by atoms with Crippen molar-refractivity contribution in [3.8, 4) is 28.6 Å². The van der Waals surface area contributed by atoms with E-state index >= 15 is 0 Å². The second-order valence-corrected chi connectivity index (χ2v) is 7.21. The molecule has 144 valence electrons. The number of ether oxygens (including phenoxy) is 3. The van der Waals surface area contributed by atoms with Gasteiger partial charge in [-0.05, 0) is 30.0 Å². The Balaban J connectivity index is 1.80. The molecule has 7 nitrogen and oxygen atoms in total. The van der Waals surface area contributed by atoms with E-state index in [1.165, 1.54) is 11.8 Å². The first-order chi connectivity index (χ1) is 13.7. The molecule has 0 bridgehead atoms. The molecule has 0 fully saturated rings. The van der Waals surface area contributed by atoms with Crippen molar-refractivity contribution in [2.75, 3.05) is 25.3 Å². The van der Waals surface area contributed by atoms with E-state index in [4.69, 9.17) is 14.2 Å². The van der Waals surface area contributed by atoms with Gasteiger partial charge in [-0.2, -0.15) is 4.98 Å². The monoisotopic (exact) mass is 396 g/mol. The van der Waals surface area contributed by atoms with Gasteiger partial charge in [-0.1, -0.05) is 36.9 Å². The van der Waals surface area contributed by atoms with Crippen LogP contribution in [0.25, 0.3) is 11.3 Å². The van der Waals surface area contributed by atoms with Crippen LogP contribution >= 0.6 is 11.8 Å². The number of rotatable bonds is 5. The Hall–Kier alpha value is -3.00. The van der Waals surface area contributed by atoms with Crippen molar-refractivity contribution >= 4 is 17.4 Å². The van der Waals surface area contributed by atoms with E-state index in [-0.39, 0.29) is 0 Å². The van der Waals surface area contributed by atoms with Gasteiger partial charge in [0.15, 0.2) is 23.4 Å². The Bertz CT molecular complexity index is 999. The minimum absolute atomic E-state index is 0.447. The third kappa shape index (κ3) is 3.43. The molecule has 0 radical (unpaired) electrons. The largest absolute Gasteiger partial charge is 0.493 e. The molecule has 0 amide bonds. The Kier molecular flexibility index (Phi) is 5.21. The smallest absolute Gasteiger partial charge is 0.247 e. The number of anilines is 1. The van der Waals surface area contributed by atoms with E-state index in [0.29, 0.717) is 28.2 Å². The number of methoxy groups -OCH3 is 2. The molecule has 1 aromatic heterocycles. The molecule has 1 unspecified atom stereocenters. The molecule has 2 heterocycles. The molecule has 28 heavy (non-hydrogen) atoms. The molecule has 0 saturated carbocycles. The lowest BCUT2D eigenvalue weighted by Gasteiger charge is -2.20. The molecule has 1 aliphatic heterocycles. The summed E-state index contributed by atoms with van der Waals surface area (Å²) in [4.78, 5) is 4.59. The summed E-state index contributed by atoms with van der Waals surface area (Å²) in [6.07, 6.45) is -0.474. The summed E-state index contributed by atoms with van der Waals surface area (Å²) in [5.41, 5.74) is 3.29. The fourth-order valence-electron chi connectivity index (χ4n) is 3.00. The third-order valence-corrected chi connectivity index (χ3v) is 5.04. The topological polar surface area (TPSA) is 78.4 Å². The van der Waals surface area contributed by atoms with Gasteiger partial charge in [-0.3, -0.25) is 0 Å². The van der Waals surface area contributed by atoms with E-state index in [1.807, 2.05) is 49.4 Å². The predicted octanol–water partition coefficient (Wildman–Crippen LogP) is 4.17. The number of benzene rings is 2. The van der Waals surface area contributed by atoms with Gasteiger partial charge in [0.25, 0.3) is 0 Å². The fraction of sp³-hybridized carbons (Fsp3) is 0.250. The molecule has 0 aliphatic carbocycles. The molecule has 3 aromatic rings. The van der Waals surface area contributed by atoms with Crippen LogP contribution in [-0.4, -0.2) is 35.2 Å². The number of thioether (sulfide) groups is 1. The van der Waals surface area contributed by atoms with Crippen LogP contribution in [0.3, 0.4) is 0 Å². The van der Waals surface area contributed by atoms with Gasteiger partial charge < -0.3 is 19.5 Å². The molecular formula is C20H20N4O3S. The van der Waals surface area contributed by atoms with Crippen LogP contribution in [0.4, 0.5) is 5.69 Å². The quantitative estimate of drug-likeness (QED) is 0.644. The van der Waals surface area contributed by atoms with Crippen LogP contribution in [0, 0.1) is 0 Å². The van der Waals surface area contributed by atoms with E-state index in [1.54, 1.807) is 14.2 Å². The van der Waals surface area contributed by atoms with Gasteiger partial charge in [0.05, 0.1) is 14.2 Å². The maximum absolute atomic E-state index is 6.25. The fourth-order valence-corrected chi connectivity index (χ4v) is 3.51. The highest BCUT2D eigenvalue weighted by molar-refractivity contribution is 7.99. The number of aromatic nitrogens is 3. The minimum Gasteiger partial charge on any atom is -0.493 e. The van der Waals surface area contributed by atoms with Crippen LogP contribution < -0.4 is 19.5 Å². The number of hydrogen-bond donors (Lipinski definition) is 1. The average molecular weight is 396 g/mol. The van der Waals surface area contributed by atoms with Crippen LogP contribution in [-0.2, 0) is 0 Å². The molecule has 0 saturated heterocycles. The van der Waals surface area contributed by atoms with Crippen molar-refractivity contribution in [1.82, 2.24) is 15.2 Å². The molecular weight excluding hydrogens is 376 g/mol. The second kappa shape index (κ2) is 7.93. The zero-order chi connectivity index (χ0) is 19.5. The summed E-state index contributed by atoms with van der Waals surface area (Å²) in [7, 11) is 3.22. The van der Waals surface area contributed by atoms with Gasteiger partial charge in [0.1, 0.15) is 0 Å². The van der Waals surface area contributed by atoms with Crippen LogP contribution in [0.1, 0.15) is 18.7 Å². The average Bonchev–Trinajstić information content (AvgIpc) is 2.90. The molecule has 2 aromatic carbocycles. The summed E-state index contributed by atoms with van der Waals surface area (Å²) in [5, 5.41) is 12.6. The van der Waals surface area contributed by atoms with Crippen molar-refractivity contribution in [2.24, 2.45) is 0 Å². The van der Waals surface area contributed by atoms with Crippen LogP contribution in [0.15, 0.2) is 47.6 Å². The van der Waals surface area contributed by atoms with Crippen molar-refractivity contribution < 1.29 is 14.2 Å². The highest BCUT2D eigenvalue weighted by Gasteiger charge is 2.26. The number of para-hydroxylation sites is 1. The summed E-state index contributed by atoms with van der Waals surface area (Å²) in [6.45, 7) is 2.05. The maximum atomic E-state index is 6.25. The van der Waals surface area contributed by atoms with E-state index in [2.05, 4.69) is 20.5 Å². The molecule has 4 rings (SSSR count). The molecule has 1 N–H and O–H groups in total. The zero-order valence-electron chi connectivity index (χ0n) is 15.8. The molecule has 0 spiro atoms. The first-order valence-corrected chi connectivity index (χ1v) is 9.84. The van der Waals surface area contributed by atoms with Crippen molar-refractivity contribution in [2.45, 2.75) is 18.3 Å². The highest BCUT2D eigenvalue weighted by atomic mass is 32.2. The first kappa shape index (κ1) is 18.4. The Morgan fingerprint density at radius 2 is 1.89 bits per heavy atom. The Labute approximate surface area is 167 Å². The molecule has 1 aliphatic rings. The predicted molar refractivity (Wildman–Crippen MR) is 108 cm³/mol. The summed E-state index contributed by atoms with van der Waals surface area (Å²) in [6, 6.07) is 13.6. The van der Waals surface area contributed by atoms with Crippen LogP contribution in [0.2, 0.25) is 0 Å². The maximum Gasteiger partial charge on any atom is 0.247 e. The van der Waals surface area contributed by atoms with Gasteiger partial charge in [-0.25, -0.2) is 0 Å². The van der Waals surface area contributed by atoms with Gasteiger partial charge >= 0.3 is 0 Å². The minimum atomic E-state index is -0.474. The number of hydrogen-bond acceptors (Lipinski definition) is 8. The van der Waals surface area contributed by atoms with E-state index in [0.717, 1.165) is 22.6 Å². The lowest BCUT2D eigenvalue weighted by Crippen LogP contribution is -2.17. The Morgan fingerprint density at radius 1 is 1.07 bits per heavy atom. The zero-order valence-corrected chi connectivity index (χ0v) is 16.6. The summed E-state index contributed by atoms with van der Waals surface area (Å²) >= 11 is 1.52. The van der Waals surface area contributed by atoms with Crippen LogP contribution in [0.5, 0.6) is 17.4 Å². The lowest BCUT2D eigenvalue weighted by atomic mass is 10.1. The summed E-state index contributed by atoms with van der Waals surface area (Å²) in [5.74, 6) is 2.59. The summed E-state index contributed by atoms with van der Waals surface area (Å²) < 4.78 is 17.0. The number of fused-ring (bicyclic) bond motifs is 3. The Morgan fingerprint density at radius 3 is 2.68 bits per heavy atom. The van der Waals surface area contributed by atoms with Gasteiger partial charge in [0.2, 0.25) is 11.0 Å². The van der Waals surface area contributed by atoms with Crippen molar-refractivity contribution in [3.05, 3.63) is 48.0 Å². The van der Waals surface area contributed by atoms with Gasteiger partial charge in [-0.15, -0.1) is 10.2 Å². The standard InChI is InChI=1S/C20H20N4O3S/c1-4-28-20-22-19-17(23-24-20)13-7-5-6-8-14(13)21-18(27-19)12-9-10-15(25-2)16(11-12)26-3/h5-11,18,21H,4H2,1-3H3. The molecule has 8 heteroatoms. The molecule has 1 atom stereocenters. The first-order valence-electron chi connectivity index (χ1n) is 8.85. The lowest BCUT2D eigenvalue weighted by molar-refractivity contribution is 0.224. The SMILES string of the molecule is CCSc1nnc2c(n1)OC(c1ccc(OC)c(OC)c1)Nc1ccccc1-2.